The van der Waals surface area contributed by atoms with Gasteiger partial charge in [0.1, 0.15) is 0 Å². The van der Waals surface area contributed by atoms with Crippen molar-refractivity contribution >= 4 is 5.97 Å². The number of nitrogens with one attached hydrogen (secondary N) is 1. The zero-order valence-electron chi connectivity index (χ0n) is 13.8. The molecule has 0 aliphatic heterocycles. The third-order valence-corrected chi connectivity index (χ3v) is 4.04. The first kappa shape index (κ1) is 17.7. The summed E-state index contributed by atoms with van der Waals surface area (Å²) in [4.78, 5) is 11.1. The highest BCUT2D eigenvalue weighted by Gasteiger charge is 2.27. The van der Waals surface area contributed by atoms with Crippen molar-refractivity contribution < 1.29 is 15.0 Å². The second-order valence-electron chi connectivity index (χ2n) is 6.14. The third kappa shape index (κ3) is 4.29. The summed E-state index contributed by atoms with van der Waals surface area (Å²) in [6, 6.07) is 1.71. The number of carboxylic acids is 1. The number of hydrogen-bond acceptors (Lipinski definition) is 3. The van der Waals surface area contributed by atoms with E-state index in [1.165, 1.54) is 0 Å². The van der Waals surface area contributed by atoms with Crippen LogP contribution in [0.3, 0.4) is 0 Å². The lowest BCUT2D eigenvalue weighted by molar-refractivity contribution is -0.138. The van der Waals surface area contributed by atoms with Crippen LogP contribution in [-0.2, 0) is 4.79 Å². The number of aliphatic carboxylic acids is 1. The van der Waals surface area contributed by atoms with Gasteiger partial charge in [-0.2, -0.15) is 0 Å². The Morgan fingerprint density at radius 2 is 1.62 bits per heavy atom. The van der Waals surface area contributed by atoms with Crippen LogP contribution in [0.2, 0.25) is 0 Å². The van der Waals surface area contributed by atoms with Crippen LogP contribution in [0.25, 0.3) is 0 Å². The van der Waals surface area contributed by atoms with Crippen LogP contribution < -0.4 is 5.32 Å². The highest BCUT2D eigenvalue weighted by atomic mass is 16.4. The van der Waals surface area contributed by atoms with Gasteiger partial charge in [0, 0.05) is 12.1 Å². The van der Waals surface area contributed by atoms with Gasteiger partial charge >= 0.3 is 5.97 Å². The van der Waals surface area contributed by atoms with E-state index in [9.17, 15) is 9.90 Å². The quantitative estimate of drug-likeness (QED) is 0.754. The molecular weight excluding hydrogens is 266 g/mol. The van der Waals surface area contributed by atoms with E-state index in [0.29, 0.717) is 0 Å². The van der Waals surface area contributed by atoms with Crippen molar-refractivity contribution in [2.24, 2.45) is 0 Å². The number of carbonyl (C=O) groups is 1. The van der Waals surface area contributed by atoms with Gasteiger partial charge in [0.2, 0.25) is 0 Å². The summed E-state index contributed by atoms with van der Waals surface area (Å²) in [5, 5.41) is 23.0. The van der Waals surface area contributed by atoms with Crippen LogP contribution in [0.5, 0.6) is 0 Å². The van der Waals surface area contributed by atoms with Gasteiger partial charge in [-0.15, -0.1) is 0 Å². The van der Waals surface area contributed by atoms with Gasteiger partial charge in [0.15, 0.2) is 0 Å². The SMILES string of the molecule is Cc1cc(C)c(C)c(C(O)C(CC(=O)O)NC(C)C)c1C. The van der Waals surface area contributed by atoms with Crippen LogP contribution >= 0.6 is 0 Å². The summed E-state index contributed by atoms with van der Waals surface area (Å²) in [5.74, 6) is -0.910. The van der Waals surface area contributed by atoms with E-state index in [1.807, 2.05) is 41.5 Å². The molecule has 0 saturated carbocycles. The minimum atomic E-state index is -0.910. The minimum Gasteiger partial charge on any atom is -0.481 e. The summed E-state index contributed by atoms with van der Waals surface area (Å²) >= 11 is 0. The molecule has 1 aromatic rings. The topological polar surface area (TPSA) is 69.6 Å². The van der Waals surface area contributed by atoms with Gasteiger partial charge in [-0.1, -0.05) is 19.9 Å². The molecule has 1 aromatic carbocycles. The first-order valence-corrected chi connectivity index (χ1v) is 7.38. The van der Waals surface area contributed by atoms with Crippen molar-refractivity contribution in [1.82, 2.24) is 5.32 Å². The van der Waals surface area contributed by atoms with Crippen LogP contribution in [0.4, 0.5) is 0 Å². The van der Waals surface area contributed by atoms with Gasteiger partial charge < -0.3 is 15.5 Å². The van der Waals surface area contributed by atoms with Gasteiger partial charge in [0.05, 0.1) is 12.5 Å². The van der Waals surface area contributed by atoms with Crippen LogP contribution in [0, 0.1) is 27.7 Å². The normalized spacial score (nSPS) is 14.3. The Kier molecular flexibility index (Phi) is 5.93. The van der Waals surface area contributed by atoms with Gasteiger partial charge in [-0.05, 0) is 55.5 Å². The molecule has 0 spiro atoms. The van der Waals surface area contributed by atoms with Crippen LogP contribution in [-0.4, -0.2) is 28.3 Å². The molecule has 0 heterocycles. The predicted molar refractivity (Wildman–Crippen MR) is 84.7 cm³/mol. The molecule has 1 rings (SSSR count). The Bertz CT molecular complexity index is 497. The Balaban J connectivity index is 3.25. The number of rotatable bonds is 6. The molecule has 0 saturated heterocycles. The maximum atomic E-state index is 11.1. The molecule has 2 unspecified atom stereocenters. The lowest BCUT2D eigenvalue weighted by Crippen LogP contribution is -2.41. The molecule has 4 nitrogen and oxygen atoms in total. The third-order valence-electron chi connectivity index (χ3n) is 4.04. The number of aliphatic hydroxyl groups excluding tert-OH is 1. The Morgan fingerprint density at radius 1 is 1.14 bits per heavy atom. The summed E-state index contributed by atoms with van der Waals surface area (Å²) in [7, 11) is 0. The molecule has 2 atom stereocenters. The maximum absolute atomic E-state index is 11.1. The summed E-state index contributed by atoms with van der Waals surface area (Å²) in [5.41, 5.74) is 5.15. The van der Waals surface area contributed by atoms with Crippen molar-refractivity contribution in [3.63, 3.8) is 0 Å². The molecule has 0 radical (unpaired) electrons. The number of carboxylic acid groups (broad SMARTS) is 1. The Morgan fingerprint density at radius 3 is 2.00 bits per heavy atom. The van der Waals surface area contributed by atoms with Gasteiger partial charge in [0.25, 0.3) is 0 Å². The number of aliphatic hydroxyl groups is 1. The van der Waals surface area contributed by atoms with Crippen LogP contribution in [0.15, 0.2) is 6.07 Å². The van der Waals surface area contributed by atoms with Crippen molar-refractivity contribution in [2.75, 3.05) is 0 Å². The fourth-order valence-corrected chi connectivity index (χ4v) is 2.77. The number of benzene rings is 1. The smallest absolute Gasteiger partial charge is 0.305 e. The highest BCUT2D eigenvalue weighted by Crippen LogP contribution is 2.30. The fraction of sp³-hybridized carbons (Fsp3) is 0.588. The average molecular weight is 293 g/mol. The monoisotopic (exact) mass is 293 g/mol. The molecule has 0 bridgehead atoms. The van der Waals surface area contributed by atoms with Crippen LogP contribution in [0.1, 0.15) is 54.2 Å². The first-order chi connectivity index (χ1) is 9.65. The second-order valence-corrected chi connectivity index (χ2v) is 6.14. The lowest BCUT2D eigenvalue weighted by atomic mass is 9.87. The Hall–Kier alpha value is -1.39. The molecule has 0 amide bonds. The van der Waals surface area contributed by atoms with E-state index in [1.54, 1.807) is 0 Å². The molecular formula is C17H27NO3. The molecule has 118 valence electrons. The molecule has 4 heteroatoms. The number of aryl methyl sites for hydroxylation is 2. The van der Waals surface area contributed by atoms with Crippen molar-refractivity contribution in [2.45, 2.75) is 66.2 Å². The summed E-state index contributed by atoms with van der Waals surface area (Å²) < 4.78 is 0. The highest BCUT2D eigenvalue weighted by molar-refractivity contribution is 5.67. The maximum Gasteiger partial charge on any atom is 0.305 e. The average Bonchev–Trinajstić information content (AvgIpc) is 2.34. The Labute approximate surface area is 127 Å². The summed E-state index contributed by atoms with van der Waals surface area (Å²) in [6.45, 7) is 11.9. The van der Waals surface area contributed by atoms with E-state index < -0.39 is 18.1 Å². The van der Waals surface area contributed by atoms with Crippen molar-refractivity contribution in [1.29, 1.82) is 0 Å². The zero-order valence-corrected chi connectivity index (χ0v) is 13.8. The van der Waals surface area contributed by atoms with E-state index in [2.05, 4.69) is 11.4 Å². The van der Waals surface area contributed by atoms with E-state index in [4.69, 9.17) is 5.11 Å². The molecule has 0 aliphatic carbocycles. The molecule has 21 heavy (non-hydrogen) atoms. The zero-order chi connectivity index (χ0) is 16.3. The van der Waals surface area contributed by atoms with E-state index in [-0.39, 0.29) is 12.5 Å². The van der Waals surface area contributed by atoms with E-state index in [0.717, 1.165) is 27.8 Å². The summed E-state index contributed by atoms with van der Waals surface area (Å²) in [6.07, 6.45) is -0.937. The molecule has 0 aliphatic rings. The largest absolute Gasteiger partial charge is 0.481 e. The lowest BCUT2D eigenvalue weighted by Gasteiger charge is -2.28. The second kappa shape index (κ2) is 7.05. The van der Waals surface area contributed by atoms with Crippen molar-refractivity contribution in [3.8, 4) is 0 Å². The molecule has 0 aromatic heterocycles. The standard InChI is InChI=1S/C17H27NO3/c1-9(2)18-14(8-15(19)20)17(21)16-12(5)10(3)7-11(4)13(16)6/h7,9,14,17-18,21H,8H2,1-6H3,(H,19,20). The molecule has 3 N–H and O–H groups in total. The van der Waals surface area contributed by atoms with Gasteiger partial charge in [-0.3, -0.25) is 4.79 Å². The van der Waals surface area contributed by atoms with Crippen molar-refractivity contribution in [3.05, 3.63) is 33.9 Å². The van der Waals surface area contributed by atoms with Gasteiger partial charge in [-0.25, -0.2) is 0 Å². The number of hydrogen-bond donors (Lipinski definition) is 3. The van der Waals surface area contributed by atoms with E-state index >= 15 is 0 Å². The minimum absolute atomic E-state index is 0.106. The first-order valence-electron chi connectivity index (χ1n) is 7.38. The predicted octanol–water partition coefficient (Wildman–Crippen LogP) is 2.79. The molecule has 0 fully saturated rings. The fourth-order valence-electron chi connectivity index (χ4n) is 2.77.